The first-order chi connectivity index (χ1) is 17.0. The Balaban J connectivity index is 1.49. The van der Waals surface area contributed by atoms with Crippen LogP contribution in [0.5, 0.6) is 17.2 Å². The number of amides is 1. The number of hydrogen-bond donors (Lipinski definition) is 0. The lowest BCUT2D eigenvalue weighted by Gasteiger charge is -2.15. The molecule has 0 aliphatic carbocycles. The summed E-state index contributed by atoms with van der Waals surface area (Å²) in [5, 5.41) is 0.652. The lowest BCUT2D eigenvalue weighted by Crippen LogP contribution is -2.27. The van der Waals surface area contributed by atoms with Gasteiger partial charge in [0.25, 0.3) is 5.91 Å². The summed E-state index contributed by atoms with van der Waals surface area (Å²) in [6.07, 6.45) is 1.83. The van der Waals surface area contributed by atoms with E-state index in [-0.39, 0.29) is 5.91 Å². The largest absolute Gasteiger partial charge is 0.497 e. The second kappa shape index (κ2) is 11.6. The van der Waals surface area contributed by atoms with Crippen molar-refractivity contribution in [3.8, 4) is 17.2 Å². The summed E-state index contributed by atoms with van der Waals surface area (Å²) in [6.45, 7) is 3.12. The van der Waals surface area contributed by atoms with Gasteiger partial charge in [-0.05, 0) is 54.5 Å². The highest BCUT2D eigenvalue weighted by atomic mass is 35.5. The van der Waals surface area contributed by atoms with E-state index in [0.29, 0.717) is 45.5 Å². The van der Waals surface area contributed by atoms with E-state index < -0.39 is 0 Å². The molecule has 1 heterocycles. The van der Waals surface area contributed by atoms with Gasteiger partial charge >= 0.3 is 0 Å². The third-order valence-electron chi connectivity index (χ3n) is 5.28. The molecule has 3 aromatic rings. The molecule has 5 nitrogen and oxygen atoms in total. The summed E-state index contributed by atoms with van der Waals surface area (Å²) >= 11 is 13.0. The fourth-order valence-electron chi connectivity index (χ4n) is 3.47. The standard InChI is InChI=1S/C27H24ClNO4S2/c1-3-32-24-14-19(10-13-23(24)33-17-20-6-4-5-7-22(20)28)15-25-26(30)29(27(34)35-25)16-18-8-11-21(31-2)12-9-18/h4-15H,3,16-17H2,1-2H3. The number of hydrogen-bond acceptors (Lipinski definition) is 6. The maximum Gasteiger partial charge on any atom is 0.266 e. The van der Waals surface area contributed by atoms with E-state index >= 15 is 0 Å². The minimum atomic E-state index is -0.118. The van der Waals surface area contributed by atoms with Gasteiger partial charge in [-0.2, -0.15) is 0 Å². The first-order valence-electron chi connectivity index (χ1n) is 11.0. The number of thioether (sulfide) groups is 1. The fourth-order valence-corrected chi connectivity index (χ4v) is 4.92. The average Bonchev–Trinajstić information content (AvgIpc) is 3.12. The quantitative estimate of drug-likeness (QED) is 0.228. The van der Waals surface area contributed by atoms with Crippen LogP contribution in [0.4, 0.5) is 0 Å². The Morgan fingerprint density at radius 3 is 2.51 bits per heavy atom. The molecule has 4 rings (SSSR count). The monoisotopic (exact) mass is 525 g/mol. The van der Waals surface area contributed by atoms with Crippen LogP contribution in [0.15, 0.2) is 71.6 Å². The molecule has 0 N–H and O–H groups in total. The molecule has 0 unspecified atom stereocenters. The van der Waals surface area contributed by atoms with Gasteiger partial charge < -0.3 is 14.2 Å². The Bertz CT molecular complexity index is 1260. The summed E-state index contributed by atoms with van der Waals surface area (Å²) in [5.41, 5.74) is 2.69. The molecular formula is C27H24ClNO4S2. The van der Waals surface area contributed by atoms with Crippen molar-refractivity contribution in [2.24, 2.45) is 0 Å². The third-order valence-corrected chi connectivity index (χ3v) is 7.03. The van der Waals surface area contributed by atoms with Crippen molar-refractivity contribution in [1.29, 1.82) is 0 Å². The molecule has 1 fully saturated rings. The number of carbonyl (C=O) groups excluding carboxylic acids is 1. The molecule has 1 amide bonds. The van der Waals surface area contributed by atoms with E-state index in [2.05, 4.69) is 0 Å². The topological polar surface area (TPSA) is 48.0 Å². The van der Waals surface area contributed by atoms with Gasteiger partial charge in [-0.3, -0.25) is 9.69 Å². The smallest absolute Gasteiger partial charge is 0.266 e. The lowest BCUT2D eigenvalue weighted by atomic mass is 10.1. The Kier molecular flexibility index (Phi) is 8.33. The van der Waals surface area contributed by atoms with E-state index in [9.17, 15) is 4.79 Å². The molecule has 0 aromatic heterocycles. The first kappa shape index (κ1) is 25.1. The van der Waals surface area contributed by atoms with Crippen LogP contribution in [0.1, 0.15) is 23.6 Å². The highest BCUT2D eigenvalue weighted by Gasteiger charge is 2.32. The van der Waals surface area contributed by atoms with Gasteiger partial charge in [-0.1, -0.05) is 72.0 Å². The number of benzene rings is 3. The third kappa shape index (κ3) is 6.17. The SMILES string of the molecule is CCOc1cc(C=C2SC(=S)N(Cc3ccc(OC)cc3)C2=O)ccc1OCc1ccccc1Cl. The van der Waals surface area contributed by atoms with Gasteiger partial charge in [0.2, 0.25) is 0 Å². The zero-order valence-corrected chi connectivity index (χ0v) is 21.7. The zero-order chi connectivity index (χ0) is 24.8. The summed E-state index contributed by atoms with van der Waals surface area (Å²) in [5.74, 6) is 1.86. The summed E-state index contributed by atoms with van der Waals surface area (Å²) in [4.78, 5) is 15.2. The van der Waals surface area contributed by atoms with Crippen LogP contribution in [0.2, 0.25) is 5.02 Å². The van der Waals surface area contributed by atoms with Crippen LogP contribution in [0, 0.1) is 0 Å². The highest BCUT2D eigenvalue weighted by Crippen LogP contribution is 2.36. The molecule has 3 aromatic carbocycles. The Labute approximate surface area is 219 Å². The summed E-state index contributed by atoms with van der Waals surface area (Å²) < 4.78 is 17.5. The van der Waals surface area contributed by atoms with Crippen molar-refractivity contribution in [1.82, 2.24) is 4.90 Å². The van der Waals surface area contributed by atoms with Crippen LogP contribution in [-0.4, -0.2) is 28.8 Å². The molecular weight excluding hydrogens is 502 g/mol. The zero-order valence-electron chi connectivity index (χ0n) is 19.3. The van der Waals surface area contributed by atoms with Crippen molar-refractivity contribution >= 4 is 51.9 Å². The molecule has 0 bridgehead atoms. The number of ether oxygens (including phenoxy) is 3. The molecule has 35 heavy (non-hydrogen) atoms. The number of thiocarbonyl (C=S) groups is 1. The van der Waals surface area contributed by atoms with Crippen molar-refractivity contribution in [2.45, 2.75) is 20.1 Å². The second-order valence-corrected chi connectivity index (χ2v) is 9.72. The van der Waals surface area contributed by atoms with Gasteiger partial charge in [-0.15, -0.1) is 0 Å². The van der Waals surface area contributed by atoms with Gasteiger partial charge in [0.15, 0.2) is 11.5 Å². The Morgan fingerprint density at radius 1 is 1.03 bits per heavy atom. The maximum atomic E-state index is 13.1. The van der Waals surface area contributed by atoms with Crippen LogP contribution < -0.4 is 14.2 Å². The Hall–Kier alpha value is -3.00. The number of halogens is 1. The normalized spacial score (nSPS) is 14.5. The number of methoxy groups -OCH3 is 1. The van der Waals surface area contributed by atoms with Crippen LogP contribution in [-0.2, 0) is 17.9 Å². The predicted molar refractivity (Wildman–Crippen MR) is 145 cm³/mol. The lowest BCUT2D eigenvalue weighted by molar-refractivity contribution is -0.122. The van der Waals surface area contributed by atoms with Crippen LogP contribution >= 0.6 is 35.6 Å². The Morgan fingerprint density at radius 2 is 1.80 bits per heavy atom. The van der Waals surface area contributed by atoms with E-state index in [1.54, 1.807) is 12.0 Å². The molecule has 0 saturated carbocycles. The van der Waals surface area contributed by atoms with E-state index in [1.165, 1.54) is 11.8 Å². The van der Waals surface area contributed by atoms with E-state index in [0.717, 1.165) is 22.4 Å². The number of nitrogens with zero attached hydrogens (tertiary/aromatic N) is 1. The molecule has 0 spiro atoms. The van der Waals surface area contributed by atoms with Crippen molar-refractivity contribution in [3.05, 3.63) is 93.3 Å². The highest BCUT2D eigenvalue weighted by molar-refractivity contribution is 8.26. The molecule has 180 valence electrons. The summed E-state index contributed by atoms with van der Waals surface area (Å²) in [6, 6.07) is 20.7. The van der Waals surface area contributed by atoms with Crippen LogP contribution in [0.25, 0.3) is 6.08 Å². The van der Waals surface area contributed by atoms with E-state index in [1.807, 2.05) is 79.7 Å². The van der Waals surface area contributed by atoms with Gasteiger partial charge in [0.1, 0.15) is 16.7 Å². The molecule has 0 radical (unpaired) electrons. The van der Waals surface area contributed by atoms with Crippen molar-refractivity contribution < 1.29 is 19.0 Å². The molecule has 1 aliphatic rings. The van der Waals surface area contributed by atoms with Crippen molar-refractivity contribution in [2.75, 3.05) is 13.7 Å². The van der Waals surface area contributed by atoms with E-state index in [4.69, 9.17) is 38.0 Å². The minimum Gasteiger partial charge on any atom is -0.497 e. The van der Waals surface area contributed by atoms with Crippen LogP contribution in [0.3, 0.4) is 0 Å². The predicted octanol–water partition coefficient (Wildman–Crippen LogP) is 6.73. The van der Waals surface area contributed by atoms with Gasteiger partial charge in [-0.25, -0.2) is 0 Å². The molecule has 0 atom stereocenters. The number of rotatable bonds is 9. The first-order valence-corrected chi connectivity index (χ1v) is 12.6. The molecule has 1 saturated heterocycles. The summed E-state index contributed by atoms with van der Waals surface area (Å²) in [7, 11) is 1.62. The fraction of sp³-hybridized carbons (Fsp3) is 0.185. The maximum absolute atomic E-state index is 13.1. The molecule has 1 aliphatic heterocycles. The second-order valence-electron chi connectivity index (χ2n) is 7.64. The average molecular weight is 526 g/mol. The van der Waals surface area contributed by atoms with Crippen molar-refractivity contribution in [3.63, 3.8) is 0 Å². The number of carbonyl (C=O) groups is 1. The van der Waals surface area contributed by atoms with Gasteiger partial charge in [0, 0.05) is 10.6 Å². The van der Waals surface area contributed by atoms with Gasteiger partial charge in [0.05, 0.1) is 25.2 Å². The molecule has 8 heteroatoms. The minimum absolute atomic E-state index is 0.118.